The largest absolute Gasteiger partial charge is 0.383 e. The van der Waals surface area contributed by atoms with E-state index in [9.17, 15) is 5.26 Å². The zero-order valence-corrected chi connectivity index (χ0v) is 14.2. The molecule has 2 aromatic heterocycles. The first-order valence-corrected chi connectivity index (χ1v) is 8.29. The predicted molar refractivity (Wildman–Crippen MR) is 94.6 cm³/mol. The molecular weight excluding hydrogens is 358 g/mol. The lowest BCUT2D eigenvalue weighted by Gasteiger charge is -2.13. The van der Waals surface area contributed by atoms with Crippen LogP contribution in [0.4, 0.5) is 5.82 Å². The standard InChI is InChI=1S/C17H12BrN3S/c1-10-15(14-3-2-8-22-14)13(9-19)17(20)21-16(10)11-4-6-12(18)7-5-11/h2-8H,1H3,(H2,20,21). The number of rotatable bonds is 2. The second-order valence-electron chi connectivity index (χ2n) is 4.82. The maximum Gasteiger partial charge on any atom is 0.142 e. The second kappa shape index (κ2) is 5.91. The summed E-state index contributed by atoms with van der Waals surface area (Å²) in [7, 11) is 0. The number of thiophene rings is 1. The quantitative estimate of drug-likeness (QED) is 0.690. The van der Waals surface area contributed by atoms with E-state index in [2.05, 4.69) is 27.0 Å². The number of nitrogens with zero attached hydrogens (tertiary/aromatic N) is 2. The maximum absolute atomic E-state index is 9.45. The molecule has 0 aliphatic rings. The van der Waals surface area contributed by atoms with Crippen LogP contribution in [0.15, 0.2) is 46.3 Å². The molecule has 0 aliphatic heterocycles. The summed E-state index contributed by atoms with van der Waals surface area (Å²) in [6, 6.07) is 14.1. The lowest BCUT2D eigenvalue weighted by Crippen LogP contribution is -2.02. The van der Waals surface area contributed by atoms with Crippen molar-refractivity contribution < 1.29 is 0 Å². The fourth-order valence-corrected chi connectivity index (χ4v) is 3.52. The molecule has 0 saturated carbocycles. The first-order chi connectivity index (χ1) is 10.6. The van der Waals surface area contributed by atoms with E-state index < -0.39 is 0 Å². The molecule has 0 fully saturated rings. The van der Waals surface area contributed by atoms with Crippen molar-refractivity contribution in [1.29, 1.82) is 5.26 Å². The van der Waals surface area contributed by atoms with Gasteiger partial charge in [-0.15, -0.1) is 11.3 Å². The van der Waals surface area contributed by atoms with Crippen molar-refractivity contribution in [3.05, 3.63) is 57.4 Å². The molecule has 0 spiro atoms. The fraction of sp³-hybridized carbons (Fsp3) is 0.0588. The molecule has 1 aromatic carbocycles. The monoisotopic (exact) mass is 369 g/mol. The van der Waals surface area contributed by atoms with E-state index in [1.54, 1.807) is 11.3 Å². The van der Waals surface area contributed by atoms with Crippen LogP contribution in [0.1, 0.15) is 11.1 Å². The third-order valence-electron chi connectivity index (χ3n) is 3.47. The Morgan fingerprint density at radius 3 is 2.55 bits per heavy atom. The number of nitriles is 1. The third-order valence-corrected chi connectivity index (χ3v) is 4.88. The molecule has 0 atom stereocenters. The lowest BCUT2D eigenvalue weighted by molar-refractivity contribution is 1.26. The molecule has 0 unspecified atom stereocenters. The Balaban J connectivity index is 2.30. The van der Waals surface area contributed by atoms with Crippen LogP contribution in [0.3, 0.4) is 0 Å². The van der Waals surface area contributed by atoms with Gasteiger partial charge in [0.25, 0.3) is 0 Å². The summed E-state index contributed by atoms with van der Waals surface area (Å²) in [5, 5.41) is 11.4. The third kappa shape index (κ3) is 2.52. The molecule has 2 heterocycles. The highest BCUT2D eigenvalue weighted by atomic mass is 79.9. The Morgan fingerprint density at radius 1 is 1.23 bits per heavy atom. The molecule has 3 aromatic rings. The van der Waals surface area contributed by atoms with Gasteiger partial charge in [-0.3, -0.25) is 0 Å². The number of nitrogens with two attached hydrogens (primary N) is 1. The summed E-state index contributed by atoms with van der Waals surface area (Å²) in [4.78, 5) is 5.49. The van der Waals surface area contributed by atoms with Crippen LogP contribution in [-0.4, -0.2) is 4.98 Å². The molecule has 22 heavy (non-hydrogen) atoms. The molecule has 0 saturated heterocycles. The van der Waals surface area contributed by atoms with Crippen LogP contribution in [0.5, 0.6) is 0 Å². The summed E-state index contributed by atoms with van der Waals surface area (Å²) in [6.45, 7) is 1.99. The van der Waals surface area contributed by atoms with Gasteiger partial charge in [-0.25, -0.2) is 4.98 Å². The molecule has 3 rings (SSSR count). The van der Waals surface area contributed by atoms with Gasteiger partial charge in [-0.05, 0) is 36.1 Å². The number of halogens is 1. The Bertz CT molecular complexity index is 862. The number of nitrogen functional groups attached to an aromatic ring is 1. The molecule has 5 heteroatoms. The second-order valence-corrected chi connectivity index (χ2v) is 6.68. The number of aromatic nitrogens is 1. The highest BCUT2D eigenvalue weighted by molar-refractivity contribution is 9.10. The van der Waals surface area contributed by atoms with Crippen molar-refractivity contribution in [3.63, 3.8) is 0 Å². The van der Waals surface area contributed by atoms with Crippen LogP contribution < -0.4 is 5.73 Å². The SMILES string of the molecule is Cc1c(-c2ccc(Br)cc2)nc(N)c(C#N)c1-c1cccs1. The van der Waals surface area contributed by atoms with Crippen molar-refractivity contribution in [2.75, 3.05) is 5.73 Å². The van der Waals surface area contributed by atoms with Gasteiger partial charge in [-0.2, -0.15) is 5.26 Å². The van der Waals surface area contributed by atoms with Crippen molar-refractivity contribution in [2.24, 2.45) is 0 Å². The minimum atomic E-state index is 0.273. The lowest BCUT2D eigenvalue weighted by atomic mass is 9.97. The number of pyridine rings is 1. The summed E-state index contributed by atoms with van der Waals surface area (Å²) in [5.74, 6) is 0.273. The average molecular weight is 370 g/mol. The van der Waals surface area contributed by atoms with Gasteiger partial charge in [0.15, 0.2) is 0 Å². The van der Waals surface area contributed by atoms with Gasteiger partial charge >= 0.3 is 0 Å². The van der Waals surface area contributed by atoms with E-state index in [-0.39, 0.29) is 5.82 Å². The average Bonchev–Trinajstić information content (AvgIpc) is 3.03. The Labute approximate surface area is 141 Å². The number of hydrogen-bond acceptors (Lipinski definition) is 4. The fourth-order valence-electron chi connectivity index (χ4n) is 2.42. The number of hydrogen-bond donors (Lipinski definition) is 1. The highest BCUT2D eigenvalue weighted by Gasteiger charge is 2.18. The van der Waals surface area contributed by atoms with Gasteiger partial charge in [0.2, 0.25) is 0 Å². The van der Waals surface area contributed by atoms with Crippen LogP contribution in [0.25, 0.3) is 21.7 Å². The smallest absolute Gasteiger partial charge is 0.142 e. The topological polar surface area (TPSA) is 62.7 Å². The van der Waals surface area contributed by atoms with Crippen LogP contribution in [-0.2, 0) is 0 Å². The minimum Gasteiger partial charge on any atom is -0.383 e. The zero-order chi connectivity index (χ0) is 15.7. The summed E-state index contributed by atoms with van der Waals surface area (Å²) in [6.07, 6.45) is 0. The molecule has 0 bridgehead atoms. The normalized spacial score (nSPS) is 10.4. The Kier molecular flexibility index (Phi) is 3.97. The first-order valence-electron chi connectivity index (χ1n) is 6.62. The van der Waals surface area contributed by atoms with E-state index in [1.807, 2.05) is 48.7 Å². The molecular formula is C17H12BrN3S. The van der Waals surface area contributed by atoms with Gasteiger partial charge in [0.1, 0.15) is 17.5 Å². The minimum absolute atomic E-state index is 0.273. The van der Waals surface area contributed by atoms with E-state index >= 15 is 0 Å². The summed E-state index contributed by atoms with van der Waals surface area (Å²) in [5.41, 5.74) is 10.1. The Morgan fingerprint density at radius 2 is 1.95 bits per heavy atom. The molecule has 0 radical (unpaired) electrons. The van der Waals surface area contributed by atoms with Gasteiger partial charge < -0.3 is 5.73 Å². The number of benzene rings is 1. The highest BCUT2D eigenvalue weighted by Crippen LogP contribution is 2.37. The number of anilines is 1. The predicted octanol–water partition coefficient (Wildman–Crippen LogP) is 5.00. The Hall–Kier alpha value is -2.16. The van der Waals surface area contributed by atoms with Crippen molar-refractivity contribution in [2.45, 2.75) is 6.92 Å². The van der Waals surface area contributed by atoms with E-state index in [0.717, 1.165) is 31.7 Å². The first kappa shape index (κ1) is 14.8. The summed E-state index contributed by atoms with van der Waals surface area (Å²) < 4.78 is 1.01. The zero-order valence-electron chi connectivity index (χ0n) is 11.8. The molecule has 2 N–H and O–H groups in total. The van der Waals surface area contributed by atoms with Crippen molar-refractivity contribution >= 4 is 33.1 Å². The molecule has 0 amide bonds. The molecule has 0 aliphatic carbocycles. The molecule has 3 nitrogen and oxygen atoms in total. The van der Waals surface area contributed by atoms with E-state index in [1.165, 1.54) is 0 Å². The van der Waals surface area contributed by atoms with Crippen LogP contribution >= 0.6 is 27.3 Å². The maximum atomic E-state index is 9.45. The summed E-state index contributed by atoms with van der Waals surface area (Å²) >= 11 is 5.03. The van der Waals surface area contributed by atoms with E-state index in [0.29, 0.717) is 5.56 Å². The van der Waals surface area contributed by atoms with Gasteiger partial charge in [0, 0.05) is 20.5 Å². The van der Waals surface area contributed by atoms with Crippen LogP contribution in [0, 0.1) is 18.3 Å². The molecule has 108 valence electrons. The van der Waals surface area contributed by atoms with E-state index in [4.69, 9.17) is 5.73 Å². The van der Waals surface area contributed by atoms with Crippen molar-refractivity contribution in [3.8, 4) is 27.8 Å². The van der Waals surface area contributed by atoms with Crippen molar-refractivity contribution in [1.82, 2.24) is 4.98 Å². The van der Waals surface area contributed by atoms with Gasteiger partial charge in [-0.1, -0.05) is 34.1 Å². The van der Waals surface area contributed by atoms with Gasteiger partial charge in [0.05, 0.1) is 5.69 Å². The van der Waals surface area contributed by atoms with Crippen LogP contribution in [0.2, 0.25) is 0 Å².